The van der Waals surface area contributed by atoms with Gasteiger partial charge in [-0.2, -0.15) is 0 Å². The molecule has 0 amide bonds. The van der Waals surface area contributed by atoms with E-state index in [0.717, 1.165) is 33.6 Å². The lowest BCUT2D eigenvalue weighted by atomic mass is 9.76. The van der Waals surface area contributed by atoms with E-state index in [4.69, 9.17) is 9.47 Å². The highest BCUT2D eigenvalue weighted by atomic mass is 16.6. The summed E-state index contributed by atoms with van der Waals surface area (Å²) in [4.78, 5) is 26.9. The normalized spacial score (nSPS) is 21.3. The van der Waals surface area contributed by atoms with Crippen LogP contribution in [-0.4, -0.2) is 31.5 Å². The average molecular weight is 779 g/mol. The number of ether oxygens (including phenoxy) is 2. The highest BCUT2D eigenvalue weighted by Gasteiger charge is 2.60. The van der Waals surface area contributed by atoms with E-state index in [1.165, 1.54) is 24.3 Å². The Morgan fingerprint density at radius 1 is 0.586 bits per heavy atom. The summed E-state index contributed by atoms with van der Waals surface area (Å²) >= 11 is 0. The molecule has 0 aliphatic carbocycles. The first-order valence-electron chi connectivity index (χ1n) is 19.2. The molecule has 9 rings (SSSR count). The van der Waals surface area contributed by atoms with Crippen molar-refractivity contribution in [2.45, 2.75) is 76.3 Å². The molecule has 0 bridgehead atoms. The fourth-order valence-electron chi connectivity index (χ4n) is 9.50. The molecule has 0 saturated carbocycles. The van der Waals surface area contributed by atoms with Crippen LogP contribution in [0.3, 0.4) is 0 Å². The number of anilines is 2. The molecule has 4 aliphatic rings. The molecule has 4 heterocycles. The number of hydrogen-bond acceptors (Lipinski definition) is 10. The Morgan fingerprint density at radius 2 is 0.966 bits per heavy atom. The molecule has 5 aromatic rings. The number of para-hydroxylation sites is 2. The summed E-state index contributed by atoms with van der Waals surface area (Å²) in [5.74, 6) is 0.844. The summed E-state index contributed by atoms with van der Waals surface area (Å²) in [7, 11) is 0. The van der Waals surface area contributed by atoms with Gasteiger partial charge in [-0.25, -0.2) is 0 Å². The summed E-state index contributed by atoms with van der Waals surface area (Å²) in [6.07, 6.45) is 7.70. The SMILES string of the molecule is CC1(C)c2ccccc2N(Cc2ccc(CN3c4ccccc4C(C)(C)C34C=Cc3cc([N+](=O)[O-])cc(CO)c3O4)cc2)C12C=Cc1cc([N+](=O)[O-])cc(CO)c1O2. The summed E-state index contributed by atoms with van der Waals surface area (Å²) in [5.41, 5.74) is 4.63. The topological polar surface area (TPSA) is 152 Å². The molecule has 0 fully saturated rings. The minimum absolute atomic E-state index is 0.109. The third-order valence-corrected chi connectivity index (χ3v) is 12.6. The Kier molecular flexibility index (Phi) is 8.33. The number of aliphatic hydroxyl groups is 2. The molecule has 12 nitrogen and oxygen atoms in total. The zero-order valence-electron chi connectivity index (χ0n) is 32.5. The van der Waals surface area contributed by atoms with Crippen LogP contribution in [0.1, 0.15) is 72.2 Å². The molecular weight excluding hydrogens is 737 g/mol. The van der Waals surface area contributed by atoms with Gasteiger partial charge in [-0.3, -0.25) is 20.2 Å². The van der Waals surface area contributed by atoms with Crippen LogP contribution in [-0.2, 0) is 37.1 Å². The lowest BCUT2D eigenvalue weighted by Gasteiger charge is -2.47. The number of nitro benzene ring substituents is 2. The van der Waals surface area contributed by atoms with Gasteiger partial charge in [0.2, 0.25) is 11.4 Å². The second kappa shape index (κ2) is 13.0. The summed E-state index contributed by atoms with van der Waals surface area (Å²) in [6.45, 7) is 8.64. The third kappa shape index (κ3) is 5.21. The summed E-state index contributed by atoms with van der Waals surface area (Å²) in [6, 6.07) is 30.5. The van der Waals surface area contributed by atoms with E-state index in [2.05, 4.69) is 86.0 Å². The van der Waals surface area contributed by atoms with Crippen molar-refractivity contribution in [2.75, 3.05) is 9.80 Å². The number of non-ortho nitro benzene ring substituents is 2. The lowest BCUT2D eigenvalue weighted by Crippen LogP contribution is -2.59. The van der Waals surface area contributed by atoms with E-state index < -0.39 is 45.3 Å². The molecule has 0 saturated heterocycles. The fourth-order valence-corrected chi connectivity index (χ4v) is 9.50. The minimum Gasteiger partial charge on any atom is -0.462 e. The van der Waals surface area contributed by atoms with Crippen LogP contribution in [0.15, 0.2) is 109 Å². The van der Waals surface area contributed by atoms with E-state index >= 15 is 0 Å². The predicted molar refractivity (Wildman–Crippen MR) is 221 cm³/mol. The van der Waals surface area contributed by atoms with E-state index in [0.29, 0.717) is 46.8 Å². The Bertz CT molecular complexity index is 2420. The van der Waals surface area contributed by atoms with Gasteiger partial charge in [0, 0.05) is 71.0 Å². The second-order valence-corrected chi connectivity index (χ2v) is 16.4. The minimum atomic E-state index is -1.02. The van der Waals surface area contributed by atoms with E-state index in [-0.39, 0.29) is 11.4 Å². The van der Waals surface area contributed by atoms with Crippen molar-refractivity contribution in [1.29, 1.82) is 0 Å². The van der Waals surface area contributed by atoms with Gasteiger partial charge in [0.1, 0.15) is 11.5 Å². The number of aliphatic hydroxyl groups excluding tert-OH is 2. The monoisotopic (exact) mass is 778 g/mol. The Hall–Kier alpha value is -6.50. The molecule has 4 aliphatic heterocycles. The number of rotatable bonds is 8. The molecule has 0 aromatic heterocycles. The van der Waals surface area contributed by atoms with Gasteiger partial charge in [0.05, 0.1) is 33.9 Å². The molecule has 5 aromatic carbocycles. The smallest absolute Gasteiger partial charge is 0.270 e. The zero-order valence-corrected chi connectivity index (χ0v) is 32.5. The molecule has 2 atom stereocenters. The Morgan fingerprint density at radius 3 is 1.33 bits per heavy atom. The highest BCUT2D eigenvalue weighted by Crippen LogP contribution is 2.58. The van der Waals surface area contributed by atoms with Gasteiger partial charge >= 0.3 is 0 Å². The van der Waals surface area contributed by atoms with E-state index in [9.17, 15) is 30.4 Å². The molecule has 12 heteroatoms. The van der Waals surface area contributed by atoms with Gasteiger partial charge in [-0.05, 0) is 86.4 Å². The molecule has 2 N–H and O–H groups in total. The van der Waals surface area contributed by atoms with Crippen molar-refractivity contribution in [1.82, 2.24) is 0 Å². The Balaban J connectivity index is 1.06. The number of nitrogens with zero attached hydrogens (tertiary/aromatic N) is 4. The van der Waals surface area contributed by atoms with Crippen molar-refractivity contribution in [2.24, 2.45) is 0 Å². The van der Waals surface area contributed by atoms with E-state index in [1.807, 2.05) is 48.6 Å². The summed E-state index contributed by atoms with van der Waals surface area (Å²) in [5, 5.41) is 44.1. The number of hydrogen-bond donors (Lipinski definition) is 2. The quantitative estimate of drug-likeness (QED) is 0.116. The molecule has 2 spiro atoms. The van der Waals surface area contributed by atoms with Crippen LogP contribution in [0.5, 0.6) is 11.5 Å². The number of benzene rings is 5. The van der Waals surface area contributed by atoms with Gasteiger partial charge < -0.3 is 29.5 Å². The van der Waals surface area contributed by atoms with Crippen LogP contribution in [0.4, 0.5) is 22.7 Å². The van der Waals surface area contributed by atoms with Gasteiger partial charge in [-0.15, -0.1) is 0 Å². The predicted octanol–water partition coefficient (Wildman–Crippen LogP) is 8.69. The molecule has 0 radical (unpaired) electrons. The first-order valence-corrected chi connectivity index (χ1v) is 19.2. The molecule has 58 heavy (non-hydrogen) atoms. The highest BCUT2D eigenvalue weighted by molar-refractivity contribution is 5.76. The average Bonchev–Trinajstić information content (AvgIpc) is 3.51. The molecule has 294 valence electrons. The van der Waals surface area contributed by atoms with Crippen molar-refractivity contribution in [3.63, 3.8) is 0 Å². The van der Waals surface area contributed by atoms with Crippen molar-refractivity contribution >= 4 is 34.9 Å². The maximum atomic E-state index is 11.7. The largest absolute Gasteiger partial charge is 0.462 e. The van der Waals surface area contributed by atoms with Crippen LogP contribution < -0.4 is 19.3 Å². The number of nitro groups is 2. The van der Waals surface area contributed by atoms with E-state index in [1.54, 1.807) is 0 Å². The van der Waals surface area contributed by atoms with Gasteiger partial charge in [0.25, 0.3) is 11.4 Å². The molecular formula is C46H42N4O8. The second-order valence-electron chi connectivity index (χ2n) is 16.4. The van der Waals surface area contributed by atoms with Crippen molar-refractivity contribution in [3.05, 3.63) is 174 Å². The number of fused-ring (bicyclic) bond motifs is 4. The molecule has 2 unspecified atom stereocenters. The van der Waals surface area contributed by atoms with Crippen LogP contribution in [0, 0.1) is 20.2 Å². The maximum absolute atomic E-state index is 11.7. The first kappa shape index (κ1) is 37.1. The van der Waals surface area contributed by atoms with Gasteiger partial charge in [0.15, 0.2) is 0 Å². The Labute approximate surface area is 335 Å². The van der Waals surface area contributed by atoms with Crippen LogP contribution >= 0.6 is 0 Å². The summed E-state index contributed by atoms with van der Waals surface area (Å²) < 4.78 is 14.0. The van der Waals surface area contributed by atoms with Crippen molar-refractivity contribution < 1.29 is 29.5 Å². The maximum Gasteiger partial charge on any atom is 0.270 e. The fraction of sp³-hybridized carbons (Fsp3) is 0.261. The third-order valence-electron chi connectivity index (χ3n) is 12.6. The lowest BCUT2D eigenvalue weighted by molar-refractivity contribution is -0.385. The first-order chi connectivity index (χ1) is 27.7. The van der Waals surface area contributed by atoms with Gasteiger partial charge in [-0.1, -0.05) is 60.7 Å². The van der Waals surface area contributed by atoms with Crippen LogP contribution in [0.25, 0.3) is 12.2 Å². The van der Waals surface area contributed by atoms with Crippen LogP contribution in [0.2, 0.25) is 0 Å². The standard InChI is InChI=1S/C46H42N4O8/c1-43(2)37-9-5-7-11-39(37)47(45(43)19-17-31-21-35(49(53)54)23-33(27-51)41(31)57-45)25-29-13-15-30(16-14-29)26-48-40-12-8-6-10-38(40)44(3,4)46(48)20-18-32-22-36(50(55)56)24-34(28-52)42(32)58-46/h5-24,51-52H,25-28H2,1-4H3. The van der Waals surface area contributed by atoms with Crippen molar-refractivity contribution in [3.8, 4) is 11.5 Å². The zero-order chi connectivity index (χ0) is 40.8.